The third kappa shape index (κ3) is 3.37. The lowest BCUT2D eigenvalue weighted by Crippen LogP contribution is -2.46. The lowest BCUT2D eigenvalue weighted by atomic mass is 9.78. The van der Waals surface area contributed by atoms with Crippen LogP contribution >= 0.6 is 0 Å². The van der Waals surface area contributed by atoms with Crippen LogP contribution in [-0.4, -0.2) is 41.8 Å². The molecule has 18 heavy (non-hydrogen) atoms. The molecule has 0 aromatic heterocycles. The Morgan fingerprint density at radius 1 is 1.39 bits per heavy atom. The lowest BCUT2D eigenvalue weighted by Gasteiger charge is -2.36. The summed E-state index contributed by atoms with van der Waals surface area (Å²) in [4.78, 5) is 13.3. The summed E-state index contributed by atoms with van der Waals surface area (Å²) in [6.07, 6.45) is -2.83. The number of carbonyl (C=O) groups excluding carboxylic acids is 1. The average molecular weight is 267 g/mol. The molecule has 1 aliphatic rings. The fraction of sp³-hybridized carbons (Fsp3) is 0.917. The fourth-order valence-electron chi connectivity index (χ4n) is 2.42. The van der Waals surface area contributed by atoms with Crippen LogP contribution in [0.1, 0.15) is 32.6 Å². The first kappa shape index (κ1) is 15.3. The zero-order valence-electron chi connectivity index (χ0n) is 10.7. The molecule has 1 rings (SSSR count). The first-order valence-electron chi connectivity index (χ1n) is 6.23. The second-order valence-electron chi connectivity index (χ2n) is 5.02. The fourth-order valence-corrected chi connectivity index (χ4v) is 2.42. The molecule has 106 valence electrons. The third-order valence-corrected chi connectivity index (χ3v) is 3.78. The van der Waals surface area contributed by atoms with Gasteiger partial charge in [-0.2, -0.15) is 13.2 Å². The second-order valence-corrected chi connectivity index (χ2v) is 5.02. The van der Waals surface area contributed by atoms with Crippen LogP contribution in [0, 0.1) is 11.8 Å². The van der Waals surface area contributed by atoms with Crippen molar-refractivity contribution in [3.63, 3.8) is 0 Å². The molecule has 0 radical (unpaired) electrons. The number of halogens is 3. The number of hydrogen-bond donors (Lipinski definition) is 1. The van der Waals surface area contributed by atoms with Gasteiger partial charge in [-0.05, 0) is 19.8 Å². The smallest absolute Gasteiger partial charge is 0.392 e. The Morgan fingerprint density at radius 2 is 1.94 bits per heavy atom. The van der Waals surface area contributed by atoms with Gasteiger partial charge in [-0.15, -0.1) is 0 Å². The molecule has 1 aliphatic carbocycles. The van der Waals surface area contributed by atoms with E-state index < -0.39 is 30.0 Å². The molecule has 3 nitrogen and oxygen atoms in total. The van der Waals surface area contributed by atoms with E-state index in [1.165, 1.54) is 11.9 Å². The Hall–Kier alpha value is -0.780. The van der Waals surface area contributed by atoms with E-state index in [9.17, 15) is 18.0 Å². The maximum Gasteiger partial charge on any atom is 0.392 e. The van der Waals surface area contributed by atoms with Gasteiger partial charge >= 0.3 is 6.18 Å². The van der Waals surface area contributed by atoms with Crippen LogP contribution in [0.5, 0.6) is 0 Å². The number of aliphatic hydroxyl groups excluding tert-OH is 1. The van der Waals surface area contributed by atoms with Gasteiger partial charge in [0.25, 0.3) is 0 Å². The number of carbonyl (C=O) groups is 1. The number of likely N-dealkylation sites (N-methyl/N-ethyl adjacent to an activating group) is 1. The van der Waals surface area contributed by atoms with E-state index in [1.807, 2.05) is 0 Å². The second kappa shape index (κ2) is 5.91. The number of alkyl halides is 3. The largest absolute Gasteiger partial charge is 0.394 e. The molecular weight excluding hydrogens is 247 g/mol. The number of hydrogen-bond acceptors (Lipinski definition) is 2. The van der Waals surface area contributed by atoms with Crippen LogP contribution in [-0.2, 0) is 4.79 Å². The number of nitrogens with zero attached hydrogens (tertiary/aromatic N) is 1. The predicted molar refractivity (Wildman–Crippen MR) is 60.8 cm³/mol. The van der Waals surface area contributed by atoms with Crippen molar-refractivity contribution in [1.82, 2.24) is 4.90 Å². The van der Waals surface area contributed by atoms with Crippen molar-refractivity contribution in [2.24, 2.45) is 11.8 Å². The Bertz CT molecular complexity index is 294. The van der Waals surface area contributed by atoms with Crippen LogP contribution in [0.25, 0.3) is 0 Å². The van der Waals surface area contributed by atoms with Crippen molar-refractivity contribution in [3.05, 3.63) is 0 Å². The molecule has 1 saturated carbocycles. The summed E-state index contributed by atoms with van der Waals surface area (Å²) in [6.45, 7) is 1.37. The van der Waals surface area contributed by atoms with Gasteiger partial charge in [-0.1, -0.05) is 12.8 Å². The quantitative estimate of drug-likeness (QED) is 0.851. The number of rotatable bonds is 3. The molecule has 0 heterocycles. The highest BCUT2D eigenvalue weighted by molar-refractivity contribution is 5.79. The normalized spacial score (nSPS) is 26.8. The summed E-state index contributed by atoms with van der Waals surface area (Å²) in [5, 5.41) is 8.96. The molecule has 1 fully saturated rings. The van der Waals surface area contributed by atoms with Gasteiger partial charge in [-0.3, -0.25) is 4.79 Å². The summed E-state index contributed by atoms with van der Waals surface area (Å²) in [7, 11) is 1.45. The van der Waals surface area contributed by atoms with Gasteiger partial charge < -0.3 is 10.0 Å². The molecule has 0 aliphatic heterocycles. The minimum atomic E-state index is -4.32. The van der Waals surface area contributed by atoms with Crippen LogP contribution < -0.4 is 0 Å². The van der Waals surface area contributed by atoms with Crippen LogP contribution in [0.15, 0.2) is 0 Å². The molecule has 3 unspecified atom stereocenters. The van der Waals surface area contributed by atoms with Gasteiger partial charge in [0, 0.05) is 13.0 Å². The van der Waals surface area contributed by atoms with Crippen molar-refractivity contribution in [3.8, 4) is 0 Å². The molecule has 1 N–H and O–H groups in total. The summed E-state index contributed by atoms with van der Waals surface area (Å²) in [5.74, 6) is -3.02. The standard InChI is InChI=1S/C12H20F3NO2/c1-8(7-17)16(2)11(18)9-5-3-4-6-10(9)12(13,14)15/h8-10,17H,3-7H2,1-2H3. The molecule has 6 heteroatoms. The Morgan fingerprint density at radius 3 is 2.44 bits per heavy atom. The Kier molecular flexibility index (Phi) is 5.01. The minimum Gasteiger partial charge on any atom is -0.394 e. The monoisotopic (exact) mass is 267 g/mol. The van der Waals surface area contributed by atoms with Crippen molar-refractivity contribution in [2.45, 2.75) is 44.8 Å². The molecule has 0 spiro atoms. The van der Waals surface area contributed by atoms with Gasteiger partial charge in [0.05, 0.1) is 18.6 Å². The van der Waals surface area contributed by atoms with Crippen molar-refractivity contribution in [1.29, 1.82) is 0 Å². The number of amides is 1. The molecule has 0 aromatic carbocycles. The molecule has 0 bridgehead atoms. The van der Waals surface area contributed by atoms with E-state index in [0.29, 0.717) is 12.8 Å². The van der Waals surface area contributed by atoms with Crippen molar-refractivity contribution >= 4 is 5.91 Å². The van der Waals surface area contributed by atoms with Crippen molar-refractivity contribution in [2.75, 3.05) is 13.7 Å². The van der Waals surface area contributed by atoms with Gasteiger partial charge in [0.2, 0.25) is 5.91 Å². The van der Waals surface area contributed by atoms with E-state index in [2.05, 4.69) is 0 Å². The zero-order valence-corrected chi connectivity index (χ0v) is 10.7. The highest BCUT2D eigenvalue weighted by atomic mass is 19.4. The number of aliphatic hydroxyl groups is 1. The molecular formula is C12H20F3NO2. The summed E-state index contributed by atoms with van der Waals surface area (Å²) < 4.78 is 38.6. The van der Waals surface area contributed by atoms with E-state index in [-0.39, 0.29) is 19.4 Å². The molecule has 0 saturated heterocycles. The van der Waals surface area contributed by atoms with Gasteiger partial charge in [0.15, 0.2) is 0 Å². The summed E-state index contributed by atoms with van der Waals surface area (Å²) in [5.41, 5.74) is 0. The van der Waals surface area contributed by atoms with E-state index in [4.69, 9.17) is 5.11 Å². The minimum absolute atomic E-state index is 0.0290. The Labute approximate surface area is 105 Å². The van der Waals surface area contributed by atoms with Crippen LogP contribution in [0.3, 0.4) is 0 Å². The maximum absolute atomic E-state index is 12.9. The zero-order chi connectivity index (χ0) is 13.9. The first-order chi connectivity index (χ1) is 8.29. The topological polar surface area (TPSA) is 40.5 Å². The SMILES string of the molecule is CC(CO)N(C)C(=O)C1CCCCC1C(F)(F)F. The highest BCUT2D eigenvalue weighted by Crippen LogP contribution is 2.42. The summed E-state index contributed by atoms with van der Waals surface area (Å²) in [6, 6.07) is -0.451. The van der Waals surface area contributed by atoms with Gasteiger partial charge in [-0.25, -0.2) is 0 Å². The van der Waals surface area contributed by atoms with Gasteiger partial charge in [0.1, 0.15) is 0 Å². The van der Waals surface area contributed by atoms with E-state index >= 15 is 0 Å². The highest BCUT2D eigenvalue weighted by Gasteiger charge is 2.48. The summed E-state index contributed by atoms with van der Waals surface area (Å²) >= 11 is 0. The van der Waals surface area contributed by atoms with E-state index in [1.54, 1.807) is 6.92 Å². The van der Waals surface area contributed by atoms with E-state index in [0.717, 1.165) is 0 Å². The molecule has 1 amide bonds. The predicted octanol–water partition coefficient (Wildman–Crippen LogP) is 2.19. The first-order valence-corrected chi connectivity index (χ1v) is 6.23. The average Bonchev–Trinajstić information content (AvgIpc) is 2.35. The molecule has 3 atom stereocenters. The Balaban J connectivity index is 2.81. The van der Waals surface area contributed by atoms with Crippen LogP contribution in [0.2, 0.25) is 0 Å². The van der Waals surface area contributed by atoms with Crippen molar-refractivity contribution < 1.29 is 23.1 Å². The van der Waals surface area contributed by atoms with Crippen LogP contribution in [0.4, 0.5) is 13.2 Å². The molecule has 0 aromatic rings. The lowest BCUT2D eigenvalue weighted by molar-refractivity contribution is -0.201. The third-order valence-electron chi connectivity index (χ3n) is 3.78. The maximum atomic E-state index is 12.9.